The first-order valence-electron chi connectivity index (χ1n) is 6.91. The second kappa shape index (κ2) is 4.83. The van der Waals surface area contributed by atoms with Crippen LogP contribution in [-0.4, -0.2) is 37.5 Å². The highest BCUT2D eigenvalue weighted by molar-refractivity contribution is 4.99. The van der Waals surface area contributed by atoms with E-state index in [1.165, 1.54) is 0 Å². The quantitative estimate of drug-likeness (QED) is 0.899. The zero-order chi connectivity index (χ0) is 14.3. The number of hydrogen-bond donors (Lipinski definition) is 1. The zero-order valence-electron chi connectivity index (χ0n) is 12.8. The van der Waals surface area contributed by atoms with Gasteiger partial charge in [0.15, 0.2) is 5.82 Å². The Balaban J connectivity index is 2.01. The number of hydrogen-bond acceptors (Lipinski definition) is 5. The van der Waals surface area contributed by atoms with Gasteiger partial charge in [-0.1, -0.05) is 0 Å². The van der Waals surface area contributed by atoms with E-state index < -0.39 is 0 Å². The van der Waals surface area contributed by atoms with Crippen molar-refractivity contribution < 1.29 is 4.74 Å². The van der Waals surface area contributed by atoms with Crippen LogP contribution in [0.3, 0.4) is 0 Å². The first-order chi connectivity index (χ1) is 8.71. The lowest BCUT2D eigenvalue weighted by Gasteiger charge is -2.27. The zero-order valence-corrected chi connectivity index (χ0v) is 12.8. The minimum atomic E-state index is -0.167. The van der Waals surface area contributed by atoms with Gasteiger partial charge in [0, 0.05) is 6.04 Å². The van der Waals surface area contributed by atoms with Gasteiger partial charge < -0.3 is 10.1 Å². The molecule has 0 radical (unpaired) electrons. The molecule has 1 aliphatic heterocycles. The third-order valence-electron chi connectivity index (χ3n) is 3.63. The third-order valence-corrected chi connectivity index (χ3v) is 3.63. The van der Waals surface area contributed by atoms with Gasteiger partial charge in [0.2, 0.25) is 0 Å². The molecule has 0 saturated carbocycles. The minimum absolute atomic E-state index is 0.0782. The van der Waals surface area contributed by atoms with E-state index in [0.29, 0.717) is 12.6 Å². The van der Waals surface area contributed by atoms with Crippen molar-refractivity contribution in [1.29, 1.82) is 0 Å². The predicted molar refractivity (Wildman–Crippen MR) is 72.7 cm³/mol. The molecule has 6 nitrogen and oxygen atoms in total. The Morgan fingerprint density at radius 2 is 2.05 bits per heavy atom. The monoisotopic (exact) mass is 267 g/mol. The molecular formula is C13H25N5O. The number of rotatable bonds is 4. The molecule has 6 heteroatoms. The molecule has 0 spiro atoms. The number of aromatic nitrogens is 4. The van der Waals surface area contributed by atoms with Gasteiger partial charge in [-0.05, 0) is 58.4 Å². The van der Waals surface area contributed by atoms with E-state index in [1.54, 1.807) is 0 Å². The Morgan fingerprint density at radius 3 is 2.58 bits per heavy atom. The molecule has 1 aliphatic rings. The summed E-state index contributed by atoms with van der Waals surface area (Å²) in [5, 5.41) is 15.4. The van der Waals surface area contributed by atoms with E-state index in [1.807, 2.05) is 4.68 Å². The van der Waals surface area contributed by atoms with Crippen LogP contribution in [0.25, 0.3) is 0 Å². The fourth-order valence-electron chi connectivity index (χ4n) is 2.82. The van der Waals surface area contributed by atoms with Crippen molar-refractivity contribution in [2.75, 3.05) is 0 Å². The third kappa shape index (κ3) is 3.12. The smallest absolute Gasteiger partial charge is 0.165 e. The van der Waals surface area contributed by atoms with Crippen LogP contribution in [0.2, 0.25) is 0 Å². The fraction of sp³-hybridized carbons (Fsp3) is 0.923. The van der Waals surface area contributed by atoms with Crippen LogP contribution >= 0.6 is 0 Å². The summed E-state index contributed by atoms with van der Waals surface area (Å²) in [6.07, 6.45) is 0.989. The van der Waals surface area contributed by atoms with Gasteiger partial charge in [-0.15, -0.1) is 5.10 Å². The van der Waals surface area contributed by atoms with Crippen molar-refractivity contribution in [3.05, 3.63) is 5.82 Å². The maximum atomic E-state index is 6.08. The summed E-state index contributed by atoms with van der Waals surface area (Å²) in [4.78, 5) is 0. The highest BCUT2D eigenvalue weighted by atomic mass is 16.5. The van der Waals surface area contributed by atoms with Gasteiger partial charge in [0.1, 0.15) is 0 Å². The van der Waals surface area contributed by atoms with Crippen molar-refractivity contribution >= 4 is 0 Å². The Morgan fingerprint density at radius 1 is 1.37 bits per heavy atom. The molecule has 0 bridgehead atoms. The summed E-state index contributed by atoms with van der Waals surface area (Å²) >= 11 is 0. The lowest BCUT2D eigenvalue weighted by atomic mass is 9.94. The van der Waals surface area contributed by atoms with E-state index in [0.717, 1.165) is 12.2 Å². The predicted octanol–water partition coefficient (Wildman–Crippen LogP) is 1.69. The molecule has 0 unspecified atom stereocenters. The van der Waals surface area contributed by atoms with Crippen molar-refractivity contribution in [2.24, 2.45) is 0 Å². The molecule has 1 saturated heterocycles. The molecule has 0 aliphatic carbocycles. The highest BCUT2D eigenvalue weighted by Gasteiger charge is 2.45. The molecule has 1 aromatic rings. The molecule has 0 aromatic carbocycles. The Bertz CT molecular complexity index is 438. The van der Waals surface area contributed by atoms with Gasteiger partial charge in [-0.2, -0.15) is 0 Å². The summed E-state index contributed by atoms with van der Waals surface area (Å²) in [6.45, 7) is 13.3. The van der Waals surface area contributed by atoms with E-state index in [-0.39, 0.29) is 17.2 Å². The Hall–Kier alpha value is -1.01. The first-order valence-corrected chi connectivity index (χ1v) is 6.91. The van der Waals surface area contributed by atoms with Crippen LogP contribution in [0.4, 0.5) is 0 Å². The summed E-state index contributed by atoms with van der Waals surface area (Å²) < 4.78 is 7.92. The van der Waals surface area contributed by atoms with Crippen molar-refractivity contribution in [2.45, 2.75) is 77.8 Å². The van der Waals surface area contributed by atoms with Crippen LogP contribution in [0.5, 0.6) is 0 Å². The van der Waals surface area contributed by atoms with Gasteiger partial charge in [0.25, 0.3) is 0 Å². The molecular weight excluding hydrogens is 242 g/mol. The Labute approximate surface area is 114 Å². The molecule has 2 heterocycles. The van der Waals surface area contributed by atoms with Crippen molar-refractivity contribution in [1.82, 2.24) is 25.5 Å². The summed E-state index contributed by atoms with van der Waals surface area (Å²) in [5.41, 5.74) is -0.245. The highest BCUT2D eigenvalue weighted by Crippen LogP contribution is 2.37. The topological polar surface area (TPSA) is 64.9 Å². The normalized spacial score (nSPS) is 25.1. The SMILES string of the molecule is CC(C)n1nnnc1CN[C@H]1CC(C)(C)OC1(C)C. The summed E-state index contributed by atoms with van der Waals surface area (Å²) in [7, 11) is 0. The first kappa shape index (κ1) is 14.4. The number of ether oxygens (including phenoxy) is 1. The van der Waals surface area contributed by atoms with Crippen LogP contribution in [0, 0.1) is 0 Å². The summed E-state index contributed by atoms with van der Waals surface area (Å²) in [5.74, 6) is 0.871. The lowest BCUT2D eigenvalue weighted by molar-refractivity contribution is -0.0699. The lowest BCUT2D eigenvalue weighted by Crippen LogP contribution is -2.43. The van der Waals surface area contributed by atoms with Crippen molar-refractivity contribution in [3.63, 3.8) is 0 Å². The fourth-order valence-corrected chi connectivity index (χ4v) is 2.82. The molecule has 1 N–H and O–H groups in total. The molecule has 1 aromatic heterocycles. The van der Waals surface area contributed by atoms with Gasteiger partial charge in [-0.25, -0.2) is 4.68 Å². The van der Waals surface area contributed by atoms with Gasteiger partial charge >= 0.3 is 0 Å². The molecule has 19 heavy (non-hydrogen) atoms. The summed E-state index contributed by atoms with van der Waals surface area (Å²) in [6, 6.07) is 0.580. The van der Waals surface area contributed by atoms with Gasteiger partial charge in [0.05, 0.1) is 23.8 Å². The van der Waals surface area contributed by atoms with E-state index in [2.05, 4.69) is 62.4 Å². The second-order valence-corrected chi connectivity index (χ2v) is 6.74. The van der Waals surface area contributed by atoms with Crippen molar-refractivity contribution in [3.8, 4) is 0 Å². The van der Waals surface area contributed by atoms with E-state index in [4.69, 9.17) is 4.74 Å². The van der Waals surface area contributed by atoms with Crippen LogP contribution in [0.1, 0.15) is 59.8 Å². The largest absolute Gasteiger partial charge is 0.368 e. The maximum Gasteiger partial charge on any atom is 0.165 e. The number of nitrogens with one attached hydrogen (secondary N) is 1. The maximum absolute atomic E-state index is 6.08. The Kier molecular flexibility index (Phi) is 3.66. The standard InChI is InChI=1S/C13H25N5O/c1-9(2)18-11(15-16-17-18)8-14-10-7-12(3,4)19-13(10,5)6/h9-10,14H,7-8H2,1-6H3/t10-/m0/s1. The van der Waals surface area contributed by atoms with E-state index in [9.17, 15) is 0 Å². The minimum Gasteiger partial charge on any atom is -0.368 e. The van der Waals surface area contributed by atoms with Crippen LogP contribution in [0.15, 0.2) is 0 Å². The second-order valence-electron chi connectivity index (χ2n) is 6.74. The number of nitrogens with zero attached hydrogens (tertiary/aromatic N) is 4. The molecule has 1 fully saturated rings. The van der Waals surface area contributed by atoms with E-state index >= 15 is 0 Å². The molecule has 2 rings (SSSR count). The molecule has 0 amide bonds. The average Bonchev–Trinajstić information content (AvgIpc) is 2.77. The number of tetrazole rings is 1. The molecule has 1 atom stereocenters. The molecule has 108 valence electrons. The van der Waals surface area contributed by atoms with Crippen LogP contribution < -0.4 is 5.32 Å². The van der Waals surface area contributed by atoms with Gasteiger partial charge in [-0.3, -0.25) is 0 Å². The van der Waals surface area contributed by atoms with Crippen LogP contribution in [-0.2, 0) is 11.3 Å². The average molecular weight is 267 g/mol.